The van der Waals surface area contributed by atoms with Gasteiger partial charge in [0.2, 0.25) is 0 Å². The molecule has 28 heavy (non-hydrogen) atoms. The zero-order valence-electron chi connectivity index (χ0n) is 16.1. The molecule has 0 saturated carbocycles. The molecule has 0 aromatic heterocycles. The summed E-state index contributed by atoms with van der Waals surface area (Å²) in [5.41, 5.74) is 6.37. The van der Waals surface area contributed by atoms with Crippen molar-refractivity contribution in [3.8, 4) is 0 Å². The third-order valence-electron chi connectivity index (χ3n) is 4.37. The topological polar surface area (TPSA) is 49.4 Å². The van der Waals surface area contributed by atoms with Gasteiger partial charge in [0.05, 0.1) is 36.5 Å². The van der Waals surface area contributed by atoms with E-state index in [2.05, 4.69) is 70.1 Å². The molecule has 0 aliphatic rings. The molecule has 0 aliphatic heterocycles. The lowest BCUT2D eigenvalue weighted by Crippen LogP contribution is -1.85. The first-order chi connectivity index (χ1) is 13.7. The predicted octanol–water partition coefficient (Wildman–Crippen LogP) is 6.31. The van der Waals surface area contributed by atoms with Crippen molar-refractivity contribution in [1.29, 1.82) is 0 Å². The van der Waals surface area contributed by atoms with E-state index < -0.39 is 0 Å². The number of hydrogen-bond acceptors (Lipinski definition) is 4. The Morgan fingerprint density at radius 3 is 1.36 bits per heavy atom. The Hall–Kier alpha value is -3.58. The van der Waals surface area contributed by atoms with Gasteiger partial charge >= 0.3 is 0 Å². The summed E-state index contributed by atoms with van der Waals surface area (Å²) >= 11 is 0. The lowest BCUT2D eigenvalue weighted by atomic mass is 10.1. The molecule has 0 radical (unpaired) electrons. The molecule has 0 heterocycles. The molecule has 3 rings (SSSR count). The highest BCUT2D eigenvalue weighted by Gasteiger charge is 1.95. The molecule has 0 fully saturated rings. The average molecular weight is 366 g/mol. The van der Waals surface area contributed by atoms with Crippen molar-refractivity contribution in [3.63, 3.8) is 0 Å². The van der Waals surface area contributed by atoms with Gasteiger partial charge in [-0.1, -0.05) is 48.5 Å². The molecule has 138 valence electrons. The van der Waals surface area contributed by atoms with Crippen molar-refractivity contribution in [2.75, 3.05) is 0 Å². The molecule has 0 spiro atoms. The van der Waals surface area contributed by atoms with Gasteiger partial charge in [-0.2, -0.15) is 9.98 Å². The van der Waals surface area contributed by atoms with E-state index in [9.17, 15) is 0 Å². The summed E-state index contributed by atoms with van der Waals surface area (Å²) in [5.74, 6) is 0. The molecular weight excluding hydrogens is 344 g/mol. The lowest BCUT2D eigenvalue weighted by Gasteiger charge is -1.99. The van der Waals surface area contributed by atoms with Crippen LogP contribution < -0.4 is 0 Å². The van der Waals surface area contributed by atoms with Crippen molar-refractivity contribution < 1.29 is 0 Å². The number of rotatable bonds is 6. The molecule has 0 aliphatic carbocycles. The van der Waals surface area contributed by atoms with Gasteiger partial charge in [0.15, 0.2) is 0 Å². The predicted molar refractivity (Wildman–Crippen MR) is 115 cm³/mol. The minimum atomic E-state index is 0.579. The van der Waals surface area contributed by atoms with E-state index in [1.54, 1.807) is 0 Å². The van der Waals surface area contributed by atoms with Crippen molar-refractivity contribution in [2.45, 2.75) is 26.9 Å². The van der Waals surface area contributed by atoms with Crippen LogP contribution in [0.5, 0.6) is 0 Å². The Kier molecular flexibility index (Phi) is 6.81. The van der Waals surface area contributed by atoms with E-state index in [0.29, 0.717) is 13.1 Å². The van der Waals surface area contributed by atoms with Gasteiger partial charge in [0, 0.05) is 0 Å². The summed E-state index contributed by atoms with van der Waals surface area (Å²) in [6.07, 6.45) is 0. The van der Waals surface area contributed by atoms with Crippen LogP contribution in [-0.4, -0.2) is 12.0 Å². The van der Waals surface area contributed by atoms with Crippen LogP contribution in [0.2, 0.25) is 0 Å². The van der Waals surface area contributed by atoms with Gasteiger partial charge < -0.3 is 0 Å². The van der Waals surface area contributed by atoms with Crippen LogP contribution in [0.1, 0.15) is 22.3 Å². The Morgan fingerprint density at radius 1 is 0.571 bits per heavy atom. The van der Waals surface area contributed by atoms with Gasteiger partial charge in [-0.3, -0.25) is 0 Å². The molecule has 0 atom stereocenters. The van der Waals surface area contributed by atoms with Crippen molar-refractivity contribution in [2.24, 2.45) is 20.0 Å². The van der Waals surface area contributed by atoms with E-state index >= 15 is 0 Å². The third-order valence-corrected chi connectivity index (χ3v) is 4.37. The van der Waals surface area contributed by atoms with Crippen LogP contribution in [-0.2, 0) is 13.1 Å². The molecule has 4 heteroatoms. The van der Waals surface area contributed by atoms with Crippen LogP contribution in [0, 0.1) is 13.8 Å². The number of aliphatic imine (C=N–C) groups is 4. The highest BCUT2D eigenvalue weighted by atomic mass is 14.8. The summed E-state index contributed by atoms with van der Waals surface area (Å²) in [4.78, 5) is 17.0. The summed E-state index contributed by atoms with van der Waals surface area (Å²) in [6, 6.07) is 29.4. The fraction of sp³-hybridized carbons (Fsp3) is 0.167. The number of nitrogens with zero attached hydrogens (tertiary/aromatic N) is 4. The minimum absolute atomic E-state index is 0.579. The standard InChI is InChI=1S/C24H22N4/c1-19-7-3-5-9-21(19)15-25-17-27-23-11-13-24(14-12-23)28-18-26-16-22-10-6-4-8-20(22)2/h3-14H,15-16H2,1-2H3. The van der Waals surface area contributed by atoms with Crippen molar-refractivity contribution in [3.05, 3.63) is 95.1 Å². The largest absolute Gasteiger partial charge is 0.221 e. The Balaban J connectivity index is 1.57. The van der Waals surface area contributed by atoms with Gasteiger partial charge in [0.25, 0.3) is 0 Å². The molecule has 0 N–H and O–H groups in total. The summed E-state index contributed by atoms with van der Waals surface area (Å²) in [5, 5.41) is 0. The first kappa shape index (κ1) is 19.2. The molecule has 3 aromatic rings. The zero-order valence-corrected chi connectivity index (χ0v) is 16.1. The maximum Gasteiger partial charge on any atom is 0.0952 e. The first-order valence-corrected chi connectivity index (χ1v) is 9.16. The second kappa shape index (κ2) is 9.94. The smallest absolute Gasteiger partial charge is 0.0952 e. The van der Waals surface area contributed by atoms with Crippen molar-refractivity contribution >= 4 is 23.4 Å². The number of hydrogen-bond donors (Lipinski definition) is 0. The van der Waals surface area contributed by atoms with E-state index in [4.69, 9.17) is 0 Å². The van der Waals surface area contributed by atoms with Crippen LogP contribution in [0.4, 0.5) is 11.4 Å². The summed E-state index contributed by atoms with van der Waals surface area (Å²) < 4.78 is 0. The SMILES string of the molecule is Cc1ccccc1CN=C=Nc1ccc(N=C=NCc2ccccc2C)cc1. The van der Waals surface area contributed by atoms with Crippen LogP contribution in [0.25, 0.3) is 0 Å². The zero-order chi connectivity index (χ0) is 19.6. The summed E-state index contributed by atoms with van der Waals surface area (Å²) in [7, 11) is 0. The maximum absolute atomic E-state index is 4.25. The quantitative estimate of drug-likeness (QED) is 0.459. The first-order valence-electron chi connectivity index (χ1n) is 9.16. The fourth-order valence-electron chi connectivity index (χ4n) is 2.60. The van der Waals surface area contributed by atoms with Gasteiger partial charge in [-0.25, -0.2) is 9.98 Å². The minimum Gasteiger partial charge on any atom is -0.221 e. The molecule has 0 bridgehead atoms. The Labute approximate surface area is 165 Å². The van der Waals surface area contributed by atoms with E-state index in [0.717, 1.165) is 11.4 Å². The third kappa shape index (κ3) is 5.72. The van der Waals surface area contributed by atoms with Gasteiger partial charge in [0.1, 0.15) is 0 Å². The van der Waals surface area contributed by atoms with Crippen LogP contribution in [0.3, 0.4) is 0 Å². The normalized spacial score (nSPS) is 9.79. The highest BCUT2D eigenvalue weighted by molar-refractivity contribution is 5.58. The van der Waals surface area contributed by atoms with E-state index in [1.807, 2.05) is 48.5 Å². The Bertz CT molecular complexity index is 965. The molecule has 0 unspecified atom stereocenters. The monoisotopic (exact) mass is 366 g/mol. The molecule has 4 nitrogen and oxygen atoms in total. The molecule has 0 saturated heterocycles. The fourth-order valence-corrected chi connectivity index (χ4v) is 2.60. The van der Waals surface area contributed by atoms with Crippen molar-refractivity contribution in [1.82, 2.24) is 0 Å². The number of benzene rings is 3. The second-order valence-electron chi connectivity index (χ2n) is 6.43. The average Bonchev–Trinajstić information content (AvgIpc) is 2.72. The van der Waals surface area contributed by atoms with Gasteiger partial charge in [-0.15, -0.1) is 0 Å². The number of aryl methyl sites for hydroxylation is 2. The molecular formula is C24H22N4. The van der Waals surface area contributed by atoms with E-state index in [-0.39, 0.29) is 0 Å². The molecule has 3 aromatic carbocycles. The second-order valence-corrected chi connectivity index (χ2v) is 6.43. The van der Waals surface area contributed by atoms with Crippen LogP contribution in [0.15, 0.2) is 92.8 Å². The van der Waals surface area contributed by atoms with E-state index in [1.165, 1.54) is 22.3 Å². The maximum atomic E-state index is 4.25. The highest BCUT2D eigenvalue weighted by Crippen LogP contribution is 2.17. The Morgan fingerprint density at radius 2 is 0.964 bits per heavy atom. The van der Waals surface area contributed by atoms with Crippen LogP contribution >= 0.6 is 0 Å². The summed E-state index contributed by atoms with van der Waals surface area (Å²) in [6.45, 7) is 5.31. The lowest BCUT2D eigenvalue weighted by molar-refractivity contribution is 1.05. The van der Waals surface area contributed by atoms with Gasteiger partial charge in [-0.05, 0) is 60.4 Å². The molecule has 0 amide bonds.